The van der Waals surface area contributed by atoms with Crippen LogP contribution in [0.1, 0.15) is 21.6 Å². The maximum absolute atomic E-state index is 13.1. The Balaban J connectivity index is 2.12. The molecule has 3 rings (SSSR count). The van der Waals surface area contributed by atoms with Gasteiger partial charge in [0.05, 0.1) is 16.2 Å². The number of hydrogen-bond acceptors (Lipinski definition) is 9. The number of amides is 2. The Morgan fingerprint density at radius 3 is 2.48 bits per heavy atom. The molecule has 0 aliphatic heterocycles. The van der Waals surface area contributed by atoms with Crippen molar-refractivity contribution >= 4 is 45.5 Å². The van der Waals surface area contributed by atoms with Gasteiger partial charge in [-0.1, -0.05) is 11.3 Å². The molecule has 0 unspecified atom stereocenters. The second-order valence-corrected chi connectivity index (χ2v) is 8.62. The summed E-state index contributed by atoms with van der Waals surface area (Å²) in [5, 5.41) is 16.0. The van der Waals surface area contributed by atoms with Gasteiger partial charge in [0.1, 0.15) is 0 Å². The SMILES string of the molecule is Cc1csc(NC(=O)c2c(OC(N)=O)sc(-c3ccc([N+](=O)[O-])cc3)c2CN(C)C)n1. The number of ether oxygens (including phenoxy) is 1. The van der Waals surface area contributed by atoms with E-state index >= 15 is 0 Å². The van der Waals surface area contributed by atoms with Gasteiger partial charge in [0.2, 0.25) is 0 Å². The number of nitro benzene ring substituents is 1. The molecule has 10 nitrogen and oxygen atoms in total. The number of carbonyl (C=O) groups is 2. The lowest BCUT2D eigenvalue weighted by molar-refractivity contribution is -0.384. The van der Waals surface area contributed by atoms with Gasteiger partial charge in [0.15, 0.2) is 10.2 Å². The van der Waals surface area contributed by atoms with Crippen LogP contribution in [-0.2, 0) is 6.54 Å². The van der Waals surface area contributed by atoms with E-state index in [0.29, 0.717) is 27.7 Å². The third kappa shape index (κ3) is 5.23. The smallest absolute Gasteiger partial charge is 0.398 e. The quantitative estimate of drug-likeness (QED) is 0.402. The monoisotopic (exact) mass is 461 g/mol. The first-order valence-corrected chi connectivity index (χ1v) is 10.6. The van der Waals surface area contributed by atoms with E-state index in [-0.39, 0.29) is 16.3 Å². The van der Waals surface area contributed by atoms with Gasteiger partial charge < -0.3 is 15.4 Å². The van der Waals surface area contributed by atoms with Crippen LogP contribution in [-0.4, -0.2) is 40.9 Å². The van der Waals surface area contributed by atoms with Crippen molar-refractivity contribution in [2.75, 3.05) is 19.4 Å². The highest BCUT2D eigenvalue weighted by Crippen LogP contribution is 2.43. The normalized spacial score (nSPS) is 10.8. The highest BCUT2D eigenvalue weighted by Gasteiger charge is 2.28. The molecule has 0 radical (unpaired) electrons. The Hall–Kier alpha value is -3.35. The Morgan fingerprint density at radius 1 is 1.29 bits per heavy atom. The van der Waals surface area contributed by atoms with E-state index in [1.165, 1.54) is 23.5 Å². The minimum absolute atomic E-state index is 0.0449. The zero-order valence-corrected chi connectivity index (χ0v) is 18.5. The zero-order valence-electron chi connectivity index (χ0n) is 16.9. The van der Waals surface area contributed by atoms with Gasteiger partial charge in [-0.25, -0.2) is 9.78 Å². The van der Waals surface area contributed by atoms with Crippen LogP contribution in [0.25, 0.3) is 10.4 Å². The maximum Gasteiger partial charge on any atom is 0.410 e. The van der Waals surface area contributed by atoms with Gasteiger partial charge in [-0.05, 0) is 38.7 Å². The number of benzene rings is 1. The first kappa shape index (κ1) is 22.3. The molecule has 0 atom stereocenters. The highest BCUT2D eigenvalue weighted by molar-refractivity contribution is 7.18. The molecule has 3 aromatic rings. The van der Waals surface area contributed by atoms with E-state index in [1.54, 1.807) is 17.5 Å². The van der Waals surface area contributed by atoms with Crippen LogP contribution in [0, 0.1) is 17.0 Å². The number of rotatable bonds is 7. The number of thiazole rings is 1. The van der Waals surface area contributed by atoms with Crippen molar-refractivity contribution in [1.82, 2.24) is 9.88 Å². The number of anilines is 1. The molecule has 0 bridgehead atoms. The van der Waals surface area contributed by atoms with E-state index < -0.39 is 16.9 Å². The van der Waals surface area contributed by atoms with Crippen molar-refractivity contribution in [3.63, 3.8) is 0 Å². The number of nitro groups is 1. The average molecular weight is 462 g/mol. The minimum Gasteiger partial charge on any atom is -0.398 e. The first-order valence-electron chi connectivity index (χ1n) is 8.91. The first-order chi connectivity index (χ1) is 14.7. The number of nitrogens with one attached hydrogen (secondary N) is 1. The Kier molecular flexibility index (Phi) is 6.63. The van der Waals surface area contributed by atoms with E-state index in [0.717, 1.165) is 17.0 Å². The molecule has 0 aliphatic carbocycles. The fraction of sp³-hybridized carbons (Fsp3) is 0.211. The molecule has 0 saturated heterocycles. The third-order valence-corrected chi connectivity index (χ3v) is 6.08. The van der Waals surface area contributed by atoms with Gasteiger partial charge in [-0.15, -0.1) is 11.3 Å². The molecule has 31 heavy (non-hydrogen) atoms. The fourth-order valence-electron chi connectivity index (χ4n) is 2.84. The van der Waals surface area contributed by atoms with Crippen LogP contribution >= 0.6 is 22.7 Å². The topological polar surface area (TPSA) is 141 Å². The Labute approximate surface area is 185 Å². The molecule has 0 aliphatic rings. The molecular formula is C19H19N5O5S2. The van der Waals surface area contributed by atoms with Crippen molar-refractivity contribution < 1.29 is 19.2 Å². The summed E-state index contributed by atoms with van der Waals surface area (Å²) in [5.41, 5.74) is 7.34. The number of carbonyl (C=O) groups excluding carboxylic acids is 2. The lowest BCUT2D eigenvalue weighted by Crippen LogP contribution is -2.21. The molecule has 3 N–H and O–H groups in total. The molecule has 0 spiro atoms. The van der Waals surface area contributed by atoms with E-state index in [4.69, 9.17) is 10.5 Å². The van der Waals surface area contributed by atoms with E-state index in [2.05, 4.69) is 10.3 Å². The molecule has 2 heterocycles. The highest BCUT2D eigenvalue weighted by atomic mass is 32.1. The summed E-state index contributed by atoms with van der Waals surface area (Å²) >= 11 is 2.34. The van der Waals surface area contributed by atoms with Gasteiger partial charge in [0, 0.05) is 34.5 Å². The summed E-state index contributed by atoms with van der Waals surface area (Å²) in [7, 11) is 3.66. The van der Waals surface area contributed by atoms with Crippen molar-refractivity contribution in [2.24, 2.45) is 5.73 Å². The molecule has 0 fully saturated rings. The van der Waals surface area contributed by atoms with Crippen molar-refractivity contribution in [2.45, 2.75) is 13.5 Å². The lowest BCUT2D eigenvalue weighted by atomic mass is 10.0. The average Bonchev–Trinajstić information content (AvgIpc) is 3.24. The summed E-state index contributed by atoms with van der Waals surface area (Å²) in [6, 6.07) is 5.93. The van der Waals surface area contributed by atoms with Crippen LogP contribution in [0.4, 0.5) is 15.6 Å². The number of aryl methyl sites for hydroxylation is 1. The molecule has 2 amide bonds. The summed E-state index contributed by atoms with van der Waals surface area (Å²) in [6.07, 6.45) is -1.05. The Bertz CT molecular complexity index is 1140. The summed E-state index contributed by atoms with van der Waals surface area (Å²) in [4.78, 5) is 41.8. The number of thiophene rings is 1. The van der Waals surface area contributed by atoms with Gasteiger partial charge in [0.25, 0.3) is 11.6 Å². The molecule has 162 valence electrons. The van der Waals surface area contributed by atoms with Crippen molar-refractivity contribution in [3.8, 4) is 15.5 Å². The second-order valence-electron chi connectivity index (χ2n) is 6.78. The number of nitrogens with zero attached hydrogens (tertiary/aromatic N) is 3. The number of aromatic nitrogens is 1. The van der Waals surface area contributed by atoms with Crippen LogP contribution in [0.5, 0.6) is 5.06 Å². The van der Waals surface area contributed by atoms with E-state index in [9.17, 15) is 19.7 Å². The van der Waals surface area contributed by atoms with E-state index in [1.807, 2.05) is 25.9 Å². The third-order valence-electron chi connectivity index (χ3n) is 4.05. The lowest BCUT2D eigenvalue weighted by Gasteiger charge is -2.13. The molecule has 0 saturated carbocycles. The largest absolute Gasteiger partial charge is 0.410 e. The number of primary amides is 1. The van der Waals surface area contributed by atoms with Crippen molar-refractivity contribution in [1.29, 1.82) is 0 Å². The standard InChI is InChI=1S/C19H19N5O5S2/c1-10-9-30-19(21-10)22-16(25)14-13(8-23(2)3)15(31-17(14)29-18(20)26)11-4-6-12(7-5-11)24(27)28/h4-7,9H,8H2,1-3H3,(H2,20,26)(H,21,22,25). The second kappa shape index (κ2) is 9.20. The molecule has 2 aromatic heterocycles. The fourth-order valence-corrected chi connectivity index (χ4v) is 4.69. The zero-order chi connectivity index (χ0) is 22.7. The van der Waals surface area contributed by atoms with Crippen molar-refractivity contribution in [3.05, 3.63) is 56.6 Å². The summed E-state index contributed by atoms with van der Waals surface area (Å²) < 4.78 is 5.15. The van der Waals surface area contributed by atoms with Crippen LogP contribution in [0.2, 0.25) is 0 Å². The summed E-state index contributed by atoms with van der Waals surface area (Å²) in [5.74, 6) is -0.494. The van der Waals surface area contributed by atoms with Crippen LogP contribution < -0.4 is 15.8 Å². The van der Waals surface area contributed by atoms with Crippen LogP contribution in [0.3, 0.4) is 0 Å². The predicted octanol–water partition coefficient (Wildman–Crippen LogP) is 3.86. The minimum atomic E-state index is -1.05. The number of hydrogen-bond donors (Lipinski definition) is 2. The Morgan fingerprint density at radius 2 is 1.97 bits per heavy atom. The van der Waals surface area contributed by atoms with Gasteiger partial charge in [-0.2, -0.15) is 0 Å². The number of nitrogens with two attached hydrogens (primary N) is 1. The van der Waals surface area contributed by atoms with Gasteiger partial charge >= 0.3 is 6.09 Å². The van der Waals surface area contributed by atoms with Gasteiger partial charge in [-0.3, -0.25) is 20.2 Å². The molecular weight excluding hydrogens is 442 g/mol. The molecule has 12 heteroatoms. The predicted molar refractivity (Wildman–Crippen MR) is 119 cm³/mol. The van der Waals surface area contributed by atoms with Crippen LogP contribution in [0.15, 0.2) is 29.6 Å². The molecule has 1 aromatic carbocycles. The number of non-ortho nitro benzene ring substituents is 1. The maximum atomic E-state index is 13.1. The summed E-state index contributed by atoms with van der Waals surface area (Å²) in [6.45, 7) is 2.16.